The number of ether oxygens (including phenoxy) is 1. The summed E-state index contributed by atoms with van der Waals surface area (Å²) >= 11 is 6.25. The number of hydrogen-bond acceptors (Lipinski definition) is 4. The van der Waals surface area contributed by atoms with Crippen molar-refractivity contribution in [2.75, 3.05) is 12.0 Å². The van der Waals surface area contributed by atoms with Crippen molar-refractivity contribution >= 4 is 50.9 Å². The first kappa shape index (κ1) is 16.6. The number of anilines is 1. The van der Waals surface area contributed by atoms with E-state index in [1.807, 2.05) is 0 Å². The Hall–Kier alpha value is -3.58. The fourth-order valence-corrected chi connectivity index (χ4v) is 3.89. The maximum Gasteiger partial charge on any atom is 0.323 e. The summed E-state index contributed by atoms with van der Waals surface area (Å²) in [5, 5.41) is 1.66. The van der Waals surface area contributed by atoms with Crippen LogP contribution in [-0.4, -0.2) is 28.9 Å². The Morgan fingerprint density at radius 2 is 1.61 bits per heavy atom. The fraction of sp³-hybridized carbons (Fsp3) is 0.0500. The summed E-state index contributed by atoms with van der Waals surface area (Å²) in [6.07, 6.45) is 0. The molecule has 0 aliphatic carbocycles. The highest BCUT2D eigenvalue weighted by Crippen LogP contribution is 2.39. The van der Waals surface area contributed by atoms with Gasteiger partial charge >= 0.3 is 5.69 Å². The number of nitrogens with zero attached hydrogens (tertiary/aromatic N) is 1. The molecule has 28 heavy (non-hydrogen) atoms. The lowest BCUT2D eigenvalue weighted by atomic mass is 9.93. The number of aromatic nitrogens is 2. The highest BCUT2D eigenvalue weighted by molar-refractivity contribution is 6.41. The summed E-state index contributed by atoms with van der Waals surface area (Å²) in [7, 11) is 1.43. The lowest BCUT2D eigenvalue weighted by Crippen LogP contribution is -2.40. The second-order valence-corrected chi connectivity index (χ2v) is 6.82. The average Bonchev–Trinajstić information content (AvgIpc) is 3.05. The van der Waals surface area contributed by atoms with Gasteiger partial charge < -0.3 is 14.7 Å². The number of benzene rings is 3. The SMILES string of the molecule is COc1cc2[nH]c(=O)[nH]c2cc1N1C(=O)c2cccc3c(Cl)ccc(c23)C1=O. The highest BCUT2D eigenvalue weighted by atomic mass is 35.5. The molecule has 0 saturated carbocycles. The largest absolute Gasteiger partial charge is 0.494 e. The Balaban J connectivity index is 1.80. The van der Waals surface area contributed by atoms with Gasteiger partial charge in [-0.15, -0.1) is 0 Å². The van der Waals surface area contributed by atoms with Crippen molar-refractivity contribution < 1.29 is 14.3 Å². The molecule has 138 valence electrons. The van der Waals surface area contributed by atoms with Gasteiger partial charge in [-0.2, -0.15) is 0 Å². The number of amides is 2. The van der Waals surface area contributed by atoms with Gasteiger partial charge in [-0.1, -0.05) is 23.7 Å². The average molecular weight is 394 g/mol. The van der Waals surface area contributed by atoms with E-state index >= 15 is 0 Å². The highest BCUT2D eigenvalue weighted by Gasteiger charge is 2.36. The summed E-state index contributed by atoms with van der Waals surface area (Å²) < 4.78 is 5.39. The first-order valence-electron chi connectivity index (χ1n) is 8.39. The number of methoxy groups -OCH3 is 1. The number of aromatic amines is 2. The van der Waals surface area contributed by atoms with Crippen LogP contribution in [-0.2, 0) is 0 Å². The van der Waals surface area contributed by atoms with Crippen molar-refractivity contribution in [2.24, 2.45) is 0 Å². The molecule has 0 bridgehead atoms. The van der Waals surface area contributed by atoms with Gasteiger partial charge in [-0.3, -0.25) is 9.59 Å². The molecule has 1 aliphatic heterocycles. The van der Waals surface area contributed by atoms with Gasteiger partial charge in [0.25, 0.3) is 11.8 Å². The van der Waals surface area contributed by atoms with E-state index in [9.17, 15) is 14.4 Å². The molecule has 7 nitrogen and oxygen atoms in total. The molecule has 8 heteroatoms. The molecule has 0 atom stereocenters. The molecule has 5 rings (SSSR count). The smallest absolute Gasteiger partial charge is 0.323 e. The molecule has 1 aliphatic rings. The minimum Gasteiger partial charge on any atom is -0.494 e. The van der Waals surface area contributed by atoms with Crippen LogP contribution >= 0.6 is 11.6 Å². The van der Waals surface area contributed by atoms with Crippen LogP contribution in [0.3, 0.4) is 0 Å². The van der Waals surface area contributed by atoms with Crippen molar-refractivity contribution in [1.29, 1.82) is 0 Å². The quantitative estimate of drug-likeness (QED) is 0.510. The van der Waals surface area contributed by atoms with Gasteiger partial charge in [0.15, 0.2) is 0 Å². The Bertz CT molecular complexity index is 1360. The molecule has 1 aromatic heterocycles. The zero-order valence-electron chi connectivity index (χ0n) is 14.5. The van der Waals surface area contributed by atoms with Crippen LogP contribution < -0.4 is 15.3 Å². The van der Waals surface area contributed by atoms with E-state index in [2.05, 4.69) is 9.97 Å². The number of carbonyl (C=O) groups is 2. The molecule has 4 aromatic rings. The van der Waals surface area contributed by atoms with Crippen LogP contribution in [0.15, 0.2) is 47.3 Å². The van der Waals surface area contributed by atoms with Crippen LogP contribution in [0.1, 0.15) is 20.7 Å². The standard InChI is InChI=1S/C20H12ClN3O4/c1-28-16-8-14-13(22-20(27)23-14)7-15(16)24-18(25)10-4-2-3-9-12(21)6-5-11(17(9)10)19(24)26/h2-8H,1H3,(H2,22,23,27). The van der Waals surface area contributed by atoms with E-state index in [-0.39, 0.29) is 11.4 Å². The third-order valence-electron chi connectivity index (χ3n) is 4.91. The third kappa shape index (κ3) is 2.13. The fourth-order valence-electron chi connectivity index (χ4n) is 3.67. The first-order chi connectivity index (χ1) is 13.5. The van der Waals surface area contributed by atoms with E-state index in [1.165, 1.54) is 7.11 Å². The van der Waals surface area contributed by atoms with Gasteiger partial charge in [0.2, 0.25) is 0 Å². The van der Waals surface area contributed by atoms with E-state index in [1.54, 1.807) is 42.5 Å². The normalized spacial score (nSPS) is 13.6. The number of rotatable bonds is 2. The zero-order valence-corrected chi connectivity index (χ0v) is 15.3. The van der Waals surface area contributed by atoms with E-state index < -0.39 is 17.5 Å². The first-order valence-corrected chi connectivity index (χ1v) is 8.77. The number of hydrogen-bond donors (Lipinski definition) is 2. The van der Waals surface area contributed by atoms with Crippen molar-refractivity contribution in [3.05, 3.63) is 69.1 Å². The van der Waals surface area contributed by atoms with Crippen LogP contribution in [0.25, 0.3) is 21.8 Å². The molecular formula is C20H12ClN3O4. The van der Waals surface area contributed by atoms with E-state index in [0.29, 0.717) is 38.0 Å². The maximum absolute atomic E-state index is 13.3. The number of imide groups is 1. The zero-order chi connectivity index (χ0) is 19.6. The lowest BCUT2D eigenvalue weighted by Gasteiger charge is -2.28. The number of carbonyl (C=O) groups excluding carboxylic acids is 2. The Labute approximate surface area is 162 Å². The number of halogens is 1. The second kappa shape index (κ2) is 5.71. The predicted molar refractivity (Wildman–Crippen MR) is 106 cm³/mol. The van der Waals surface area contributed by atoms with Gasteiger partial charge in [0.1, 0.15) is 5.75 Å². The topological polar surface area (TPSA) is 95.3 Å². The second-order valence-electron chi connectivity index (χ2n) is 6.42. The number of H-pyrrole nitrogens is 2. The molecule has 0 fully saturated rings. The number of imidazole rings is 1. The monoisotopic (exact) mass is 393 g/mol. The summed E-state index contributed by atoms with van der Waals surface area (Å²) in [5.74, 6) is -0.684. The van der Waals surface area contributed by atoms with Gasteiger partial charge in [0, 0.05) is 33.0 Å². The van der Waals surface area contributed by atoms with Crippen LogP contribution in [0.5, 0.6) is 5.75 Å². The van der Waals surface area contributed by atoms with Gasteiger partial charge in [0.05, 0.1) is 23.8 Å². The number of fused-ring (bicyclic) bond motifs is 1. The lowest BCUT2D eigenvalue weighted by molar-refractivity contribution is 0.0892. The summed E-state index contributed by atoms with van der Waals surface area (Å²) in [4.78, 5) is 44.5. The molecule has 0 saturated heterocycles. The van der Waals surface area contributed by atoms with Crippen molar-refractivity contribution in [1.82, 2.24) is 9.97 Å². The molecule has 0 unspecified atom stereocenters. The summed E-state index contributed by atoms with van der Waals surface area (Å²) in [6, 6.07) is 11.5. The molecule has 2 heterocycles. The molecule has 2 amide bonds. The van der Waals surface area contributed by atoms with Crippen molar-refractivity contribution in [2.45, 2.75) is 0 Å². The van der Waals surface area contributed by atoms with E-state index in [4.69, 9.17) is 16.3 Å². The van der Waals surface area contributed by atoms with Crippen LogP contribution in [0, 0.1) is 0 Å². The van der Waals surface area contributed by atoms with Gasteiger partial charge in [-0.25, -0.2) is 9.69 Å². The summed E-state index contributed by atoms with van der Waals surface area (Å²) in [5.41, 5.74) is 1.57. The van der Waals surface area contributed by atoms with Gasteiger partial charge in [-0.05, 0) is 24.3 Å². The van der Waals surface area contributed by atoms with Crippen molar-refractivity contribution in [3.63, 3.8) is 0 Å². The number of nitrogens with one attached hydrogen (secondary N) is 2. The molecule has 2 N–H and O–H groups in total. The van der Waals surface area contributed by atoms with Crippen molar-refractivity contribution in [3.8, 4) is 5.75 Å². The molecule has 0 spiro atoms. The third-order valence-corrected chi connectivity index (χ3v) is 5.24. The minimum absolute atomic E-state index is 0.248. The van der Waals surface area contributed by atoms with Crippen LogP contribution in [0.2, 0.25) is 5.02 Å². The van der Waals surface area contributed by atoms with E-state index in [0.717, 1.165) is 4.90 Å². The molecule has 0 radical (unpaired) electrons. The predicted octanol–water partition coefficient (Wildman–Crippen LogP) is 3.47. The Morgan fingerprint density at radius 3 is 2.32 bits per heavy atom. The maximum atomic E-state index is 13.3. The van der Waals surface area contributed by atoms with Crippen LogP contribution in [0.4, 0.5) is 5.69 Å². The molecular weight excluding hydrogens is 382 g/mol. The Morgan fingerprint density at radius 1 is 0.929 bits per heavy atom. The molecule has 3 aromatic carbocycles. The minimum atomic E-state index is -0.485. The summed E-state index contributed by atoms with van der Waals surface area (Å²) in [6.45, 7) is 0. The Kier molecular flexibility index (Phi) is 3.38.